The highest BCUT2D eigenvalue weighted by atomic mass is 14.3. The number of rotatable bonds is 0. The van der Waals surface area contributed by atoms with E-state index in [0.29, 0.717) is 0 Å². The Morgan fingerprint density at radius 1 is 0.283 bits per heavy atom. The van der Waals surface area contributed by atoms with Gasteiger partial charge in [-0.05, 0) is 212 Å². The molecule has 0 unspecified atom stereocenters. The van der Waals surface area contributed by atoms with Crippen molar-refractivity contribution in [3.63, 3.8) is 0 Å². The molecule has 0 bridgehead atoms. The smallest absolute Gasteiger partial charge is 0.00132 e. The first kappa shape index (κ1) is 34.6. The van der Waals surface area contributed by atoms with Crippen LogP contribution in [-0.2, 0) is 38.5 Å². The Morgan fingerprint density at radius 3 is 1.38 bits per heavy atom. The molecule has 9 aliphatic carbocycles. The predicted molar refractivity (Wildman–Crippen MR) is 251 cm³/mol. The van der Waals surface area contributed by atoms with Crippen LogP contribution in [0.5, 0.6) is 0 Å². The van der Waals surface area contributed by atoms with Gasteiger partial charge in [-0.15, -0.1) is 0 Å². The van der Waals surface area contributed by atoms with Crippen LogP contribution in [0.25, 0.3) is 50.1 Å². The lowest BCUT2D eigenvalue weighted by molar-refractivity contribution is 0.934. The molecule has 0 spiro atoms. The molecule has 6 aromatic rings. The van der Waals surface area contributed by atoms with Crippen LogP contribution in [0.2, 0.25) is 0 Å². The summed E-state index contributed by atoms with van der Waals surface area (Å²) in [7, 11) is 0. The third kappa shape index (κ3) is 5.43. The van der Waals surface area contributed by atoms with Crippen molar-refractivity contribution in [3.05, 3.63) is 229 Å². The molecule has 0 atom stereocenters. The molecule has 0 N–H and O–H groups in total. The molecule has 0 fully saturated rings. The normalized spacial score (nSPS) is 17.8. The fourth-order valence-electron chi connectivity index (χ4n) is 12.2. The van der Waals surface area contributed by atoms with Crippen LogP contribution in [0.15, 0.2) is 162 Å². The van der Waals surface area contributed by atoms with E-state index in [4.69, 9.17) is 0 Å². The third-order valence-electron chi connectivity index (χ3n) is 15.0. The van der Waals surface area contributed by atoms with Gasteiger partial charge in [0.2, 0.25) is 0 Å². The summed E-state index contributed by atoms with van der Waals surface area (Å²) < 4.78 is 0. The van der Waals surface area contributed by atoms with Gasteiger partial charge >= 0.3 is 0 Å². The molecule has 0 aliphatic heterocycles. The highest BCUT2D eigenvalue weighted by molar-refractivity contribution is 5.92. The Hall–Kier alpha value is -6.24. The van der Waals surface area contributed by atoms with E-state index < -0.39 is 0 Å². The second-order valence-corrected chi connectivity index (χ2v) is 18.4. The highest BCUT2D eigenvalue weighted by Gasteiger charge is 2.30. The zero-order valence-electron chi connectivity index (χ0n) is 34.3. The van der Waals surface area contributed by atoms with E-state index in [1.54, 1.807) is 33.4 Å². The van der Waals surface area contributed by atoms with E-state index >= 15 is 0 Å². The van der Waals surface area contributed by atoms with Crippen LogP contribution in [0.3, 0.4) is 0 Å². The number of hydrogen-bond acceptors (Lipinski definition) is 0. The van der Waals surface area contributed by atoms with Crippen LogP contribution in [0.1, 0.15) is 105 Å². The fourth-order valence-corrected chi connectivity index (χ4v) is 12.2. The predicted octanol–water partition coefficient (Wildman–Crippen LogP) is 14.8. The molecule has 0 saturated carbocycles. The molecular formula is C60H48. The van der Waals surface area contributed by atoms with Crippen molar-refractivity contribution < 1.29 is 0 Å². The number of hydrogen-bond donors (Lipinski definition) is 0. The molecule has 288 valence electrons. The van der Waals surface area contributed by atoms with Gasteiger partial charge in [0.05, 0.1) is 0 Å². The second-order valence-electron chi connectivity index (χ2n) is 18.4. The monoisotopic (exact) mass is 768 g/mol. The molecule has 0 heteroatoms. The van der Waals surface area contributed by atoms with Crippen LogP contribution in [-0.4, -0.2) is 0 Å². The summed E-state index contributed by atoms with van der Waals surface area (Å²) in [6.07, 6.45) is 28.3. The van der Waals surface area contributed by atoms with Gasteiger partial charge in [0.1, 0.15) is 0 Å². The Kier molecular flexibility index (Phi) is 7.87. The third-order valence-corrected chi connectivity index (χ3v) is 15.0. The van der Waals surface area contributed by atoms with Crippen molar-refractivity contribution in [3.8, 4) is 33.4 Å². The van der Waals surface area contributed by atoms with Crippen molar-refractivity contribution in [1.29, 1.82) is 0 Å². The largest absolute Gasteiger partial charge is 0.0836 e. The zero-order chi connectivity index (χ0) is 39.3. The second kappa shape index (κ2) is 13.7. The molecule has 6 aromatic carbocycles. The summed E-state index contributed by atoms with van der Waals surface area (Å²) in [6, 6.07) is 41.2. The highest BCUT2D eigenvalue weighted by Crippen LogP contribution is 2.49. The molecule has 0 nitrogen and oxygen atoms in total. The van der Waals surface area contributed by atoms with Gasteiger partial charge in [0.25, 0.3) is 0 Å². The van der Waals surface area contributed by atoms with Crippen molar-refractivity contribution in [2.75, 3.05) is 0 Å². The minimum Gasteiger partial charge on any atom is -0.0836 e. The summed E-state index contributed by atoms with van der Waals surface area (Å²) in [5, 5.41) is 0. The maximum absolute atomic E-state index is 2.47. The molecule has 0 saturated heterocycles. The summed E-state index contributed by atoms with van der Waals surface area (Å²) in [6.45, 7) is 0. The minimum atomic E-state index is 1.10. The number of benzene rings is 6. The molecule has 9 aliphatic rings. The minimum absolute atomic E-state index is 1.10. The van der Waals surface area contributed by atoms with Gasteiger partial charge in [-0.25, -0.2) is 0 Å². The van der Waals surface area contributed by atoms with Gasteiger partial charge < -0.3 is 0 Å². The molecule has 15 rings (SSSR count). The molecule has 60 heavy (non-hydrogen) atoms. The van der Waals surface area contributed by atoms with Gasteiger partial charge in [0, 0.05) is 0 Å². The van der Waals surface area contributed by atoms with Crippen LogP contribution in [0, 0.1) is 0 Å². The Balaban J connectivity index is 0.0000000926. The standard InChI is InChI=1S/3C20H16/c1-3-7-16-14(6-1)12-19-18(16)10-9-15-11-13-5-2-4-8-17(13)20(15)19;1-3-7-17-13(5-1)9-15-11-20-16(12-19(15)17)10-14-6-2-4-8-18(14)20;1-3-7-17-13(5-1)9-15-11-16-10-14-6-2-4-8-18(14)20(16)12-19(15)17/h2-5,7-10H,1,6,11-12H2;2*1,3-5,7-8,11-12H,2,6,9-10H2. The molecule has 0 heterocycles. The average Bonchev–Trinajstić information content (AvgIpc) is 4.15. The Morgan fingerprint density at radius 2 is 0.733 bits per heavy atom. The van der Waals surface area contributed by atoms with E-state index in [0.717, 1.165) is 19.3 Å². The van der Waals surface area contributed by atoms with E-state index in [-0.39, 0.29) is 0 Å². The van der Waals surface area contributed by atoms with Gasteiger partial charge in [-0.2, -0.15) is 0 Å². The van der Waals surface area contributed by atoms with Gasteiger partial charge in [-0.1, -0.05) is 144 Å². The number of fused-ring (bicyclic) bond motifs is 16. The van der Waals surface area contributed by atoms with Crippen molar-refractivity contribution in [1.82, 2.24) is 0 Å². The maximum Gasteiger partial charge on any atom is -0.00132 e. The Labute approximate surface area is 354 Å². The first-order valence-electron chi connectivity index (χ1n) is 22.6. The molecule has 0 radical (unpaired) electrons. The topological polar surface area (TPSA) is 0 Å². The summed E-state index contributed by atoms with van der Waals surface area (Å²) in [5.41, 5.74) is 36.5. The van der Waals surface area contributed by atoms with Crippen LogP contribution in [0.4, 0.5) is 0 Å². The molecular weight excluding hydrogens is 721 g/mol. The van der Waals surface area contributed by atoms with Crippen molar-refractivity contribution in [2.24, 2.45) is 0 Å². The SMILES string of the molecule is C1=CC2=C(CC1)Cc1c2ccc2c1-c1ccccc1C2.C1=CC2=C(CC1)Cc1cc3c(cc12)-c1ccccc1C3.C1=CC2=C(CC1)Cc1cc3c(cc12)Cc1ccccc1-3. The summed E-state index contributed by atoms with van der Waals surface area (Å²) in [5.74, 6) is 0. The van der Waals surface area contributed by atoms with Crippen LogP contribution >= 0.6 is 0 Å². The Bertz CT molecular complexity index is 3060. The van der Waals surface area contributed by atoms with E-state index in [1.165, 1.54) is 158 Å². The average molecular weight is 769 g/mol. The fraction of sp³-hybridized carbons (Fsp3) is 0.200. The number of allylic oxidation sites excluding steroid dienone is 12. The lowest BCUT2D eigenvalue weighted by Crippen LogP contribution is -1.91. The lowest BCUT2D eigenvalue weighted by Gasteiger charge is -2.09. The van der Waals surface area contributed by atoms with Crippen molar-refractivity contribution in [2.45, 2.75) is 77.0 Å². The maximum atomic E-state index is 2.47. The van der Waals surface area contributed by atoms with E-state index in [1.807, 2.05) is 0 Å². The van der Waals surface area contributed by atoms with Gasteiger partial charge in [0.15, 0.2) is 0 Å². The zero-order valence-corrected chi connectivity index (χ0v) is 34.3. The summed E-state index contributed by atoms with van der Waals surface area (Å²) >= 11 is 0. The lowest BCUT2D eigenvalue weighted by atomic mass is 9.94. The van der Waals surface area contributed by atoms with Crippen molar-refractivity contribution >= 4 is 16.7 Å². The quantitative estimate of drug-likeness (QED) is 0.144. The molecule has 0 aromatic heterocycles. The van der Waals surface area contributed by atoms with Crippen LogP contribution < -0.4 is 0 Å². The first-order chi connectivity index (χ1) is 29.7. The van der Waals surface area contributed by atoms with E-state index in [9.17, 15) is 0 Å². The summed E-state index contributed by atoms with van der Waals surface area (Å²) in [4.78, 5) is 0. The first-order valence-corrected chi connectivity index (χ1v) is 22.6. The molecule has 0 amide bonds. The van der Waals surface area contributed by atoms with E-state index in [2.05, 4.69) is 146 Å². The van der Waals surface area contributed by atoms with Gasteiger partial charge in [-0.3, -0.25) is 0 Å².